The second-order valence-electron chi connectivity index (χ2n) is 5.46. The van der Waals surface area contributed by atoms with Gasteiger partial charge in [-0.15, -0.1) is 0 Å². The molecule has 1 rings (SSSR count). The van der Waals surface area contributed by atoms with Gasteiger partial charge in [0.1, 0.15) is 5.82 Å². The third-order valence-electron chi connectivity index (χ3n) is 2.71. The highest BCUT2D eigenvalue weighted by molar-refractivity contribution is 9.10. The molecule has 4 N–H and O–H groups in total. The van der Waals surface area contributed by atoms with E-state index in [1.807, 2.05) is 6.92 Å². The molecule has 0 saturated carbocycles. The Morgan fingerprint density at radius 1 is 1.43 bits per heavy atom. The van der Waals surface area contributed by atoms with Crippen LogP contribution in [0.3, 0.4) is 0 Å². The van der Waals surface area contributed by atoms with Crippen molar-refractivity contribution in [3.63, 3.8) is 0 Å². The van der Waals surface area contributed by atoms with Crippen LogP contribution in [0.15, 0.2) is 16.7 Å². The van der Waals surface area contributed by atoms with E-state index in [0.717, 1.165) is 13.0 Å². The van der Waals surface area contributed by atoms with Crippen molar-refractivity contribution in [3.05, 3.63) is 22.3 Å². The van der Waals surface area contributed by atoms with E-state index < -0.39 is 11.4 Å². The summed E-state index contributed by atoms with van der Waals surface area (Å²) in [6, 6.07) is 1.70. The molecule has 6 nitrogen and oxygen atoms in total. The number of primary amides is 1. The van der Waals surface area contributed by atoms with Crippen molar-refractivity contribution in [1.82, 2.24) is 10.3 Å². The Labute approximate surface area is 133 Å². The lowest BCUT2D eigenvalue weighted by Gasteiger charge is -2.25. The summed E-state index contributed by atoms with van der Waals surface area (Å²) in [5, 5.41) is 5.92. The predicted octanol–water partition coefficient (Wildman–Crippen LogP) is 2.05. The Balaban J connectivity index is 2.95. The minimum absolute atomic E-state index is 0.0674. The minimum atomic E-state index is -0.715. The number of anilines is 1. The van der Waals surface area contributed by atoms with E-state index in [1.54, 1.807) is 26.1 Å². The molecule has 0 aliphatic rings. The van der Waals surface area contributed by atoms with E-state index in [4.69, 9.17) is 5.73 Å². The number of halogens is 1. The van der Waals surface area contributed by atoms with Crippen molar-refractivity contribution in [3.8, 4) is 0 Å². The van der Waals surface area contributed by atoms with Gasteiger partial charge in [-0.25, -0.2) is 4.98 Å². The summed E-state index contributed by atoms with van der Waals surface area (Å²) in [4.78, 5) is 27.7. The van der Waals surface area contributed by atoms with Crippen molar-refractivity contribution in [2.24, 2.45) is 5.73 Å². The molecule has 0 aliphatic heterocycles. The molecule has 0 spiro atoms. The highest BCUT2D eigenvalue weighted by Gasteiger charge is 2.25. The molecule has 21 heavy (non-hydrogen) atoms. The molecule has 116 valence electrons. The molecule has 0 radical (unpaired) electrons. The van der Waals surface area contributed by atoms with Gasteiger partial charge in [-0.3, -0.25) is 9.59 Å². The van der Waals surface area contributed by atoms with Gasteiger partial charge in [0.2, 0.25) is 5.91 Å². The maximum absolute atomic E-state index is 12.4. The van der Waals surface area contributed by atoms with Crippen molar-refractivity contribution in [2.45, 2.75) is 39.2 Å². The fraction of sp³-hybridized carbons (Fsp3) is 0.500. The minimum Gasteiger partial charge on any atom is -0.370 e. The fourth-order valence-corrected chi connectivity index (χ4v) is 2.18. The number of nitrogens with one attached hydrogen (secondary N) is 2. The molecule has 1 heterocycles. The van der Waals surface area contributed by atoms with Crippen LogP contribution in [0.5, 0.6) is 0 Å². The third-order valence-corrected chi connectivity index (χ3v) is 3.14. The first-order chi connectivity index (χ1) is 9.75. The highest BCUT2D eigenvalue weighted by atomic mass is 79.9. The number of carbonyl (C=O) groups is 2. The summed E-state index contributed by atoms with van der Waals surface area (Å²) in [6.45, 7) is 6.25. The number of aromatic nitrogens is 1. The number of rotatable bonds is 7. The van der Waals surface area contributed by atoms with Gasteiger partial charge in [0, 0.05) is 29.2 Å². The first-order valence-corrected chi connectivity index (χ1v) is 7.54. The van der Waals surface area contributed by atoms with E-state index in [0.29, 0.717) is 15.9 Å². The quantitative estimate of drug-likeness (QED) is 0.696. The van der Waals surface area contributed by atoms with E-state index in [2.05, 4.69) is 31.5 Å². The van der Waals surface area contributed by atoms with Crippen LogP contribution in [0.1, 0.15) is 44.0 Å². The summed E-state index contributed by atoms with van der Waals surface area (Å²) in [5.74, 6) is -0.238. The van der Waals surface area contributed by atoms with Crippen molar-refractivity contribution < 1.29 is 9.59 Å². The summed E-state index contributed by atoms with van der Waals surface area (Å²) >= 11 is 3.31. The predicted molar refractivity (Wildman–Crippen MR) is 86.1 cm³/mol. The number of hydrogen-bond acceptors (Lipinski definition) is 4. The zero-order chi connectivity index (χ0) is 16.0. The maximum Gasteiger partial charge on any atom is 0.255 e. The van der Waals surface area contributed by atoms with Gasteiger partial charge in [-0.2, -0.15) is 0 Å². The molecule has 0 atom stereocenters. The zero-order valence-electron chi connectivity index (χ0n) is 12.5. The lowest BCUT2D eigenvalue weighted by Crippen LogP contribution is -2.46. The number of nitrogens with two attached hydrogens (primary N) is 1. The molecule has 0 aromatic carbocycles. The number of amides is 2. The van der Waals surface area contributed by atoms with Crippen molar-refractivity contribution >= 4 is 33.6 Å². The normalized spacial score (nSPS) is 11.0. The molecule has 1 aromatic rings. The summed E-state index contributed by atoms with van der Waals surface area (Å²) in [5.41, 5.74) is 4.90. The van der Waals surface area contributed by atoms with Gasteiger partial charge in [-0.05, 0) is 42.3 Å². The molecular weight excluding hydrogens is 336 g/mol. The van der Waals surface area contributed by atoms with Crippen LogP contribution < -0.4 is 16.4 Å². The number of hydrogen-bond donors (Lipinski definition) is 3. The van der Waals surface area contributed by atoms with Gasteiger partial charge in [-0.1, -0.05) is 6.92 Å². The number of carbonyl (C=O) groups excluding carboxylic acids is 2. The average Bonchev–Trinajstić information content (AvgIpc) is 2.34. The molecule has 0 unspecified atom stereocenters. The highest BCUT2D eigenvalue weighted by Crippen LogP contribution is 2.19. The molecule has 2 amide bonds. The lowest BCUT2D eigenvalue weighted by atomic mass is 9.99. The Kier molecular flexibility index (Phi) is 6.14. The van der Waals surface area contributed by atoms with Crippen LogP contribution in [-0.4, -0.2) is 28.9 Å². The smallest absolute Gasteiger partial charge is 0.255 e. The molecule has 0 aliphatic carbocycles. The fourth-order valence-electron chi connectivity index (χ4n) is 1.85. The van der Waals surface area contributed by atoms with Gasteiger partial charge in [0.25, 0.3) is 5.91 Å². The van der Waals surface area contributed by atoms with Crippen LogP contribution in [-0.2, 0) is 4.79 Å². The summed E-state index contributed by atoms with van der Waals surface area (Å²) in [7, 11) is 0. The van der Waals surface area contributed by atoms with Crippen LogP contribution in [0.25, 0.3) is 0 Å². The van der Waals surface area contributed by atoms with Crippen molar-refractivity contribution in [1.29, 1.82) is 0 Å². The topological polar surface area (TPSA) is 97.1 Å². The molecule has 0 bridgehead atoms. The molecule has 1 aromatic heterocycles. The SMILES string of the molecule is CCCNc1ncc(Br)cc1C(=O)NC(C)(C)CC(N)=O. The standard InChI is InChI=1S/C14H21BrN4O2/c1-4-5-17-12-10(6-9(15)8-18-12)13(21)19-14(2,3)7-11(16)20/h6,8H,4-5,7H2,1-3H3,(H2,16,20)(H,17,18)(H,19,21). The molecule has 7 heteroatoms. The van der Waals surface area contributed by atoms with E-state index in [1.165, 1.54) is 0 Å². The molecular formula is C14H21BrN4O2. The molecule has 0 saturated heterocycles. The van der Waals surface area contributed by atoms with Crippen LogP contribution in [0.4, 0.5) is 5.82 Å². The van der Waals surface area contributed by atoms with Crippen molar-refractivity contribution in [2.75, 3.05) is 11.9 Å². The number of nitrogens with zero attached hydrogens (tertiary/aromatic N) is 1. The largest absolute Gasteiger partial charge is 0.370 e. The Bertz CT molecular complexity index is 532. The molecule has 0 fully saturated rings. The first kappa shape index (κ1) is 17.4. The zero-order valence-corrected chi connectivity index (χ0v) is 14.1. The summed E-state index contributed by atoms with van der Waals surface area (Å²) < 4.78 is 0.711. The van der Waals surface area contributed by atoms with E-state index in [9.17, 15) is 9.59 Å². The Morgan fingerprint density at radius 2 is 2.10 bits per heavy atom. The van der Waals surface area contributed by atoms with Gasteiger partial charge >= 0.3 is 0 Å². The monoisotopic (exact) mass is 356 g/mol. The lowest BCUT2D eigenvalue weighted by molar-refractivity contribution is -0.119. The number of pyridine rings is 1. The van der Waals surface area contributed by atoms with Gasteiger partial charge < -0.3 is 16.4 Å². The second-order valence-corrected chi connectivity index (χ2v) is 6.37. The van der Waals surface area contributed by atoms with Gasteiger partial charge in [0.15, 0.2) is 0 Å². The van der Waals surface area contributed by atoms with Crippen LogP contribution in [0.2, 0.25) is 0 Å². The summed E-state index contributed by atoms with van der Waals surface area (Å²) in [6.07, 6.45) is 2.62. The van der Waals surface area contributed by atoms with Crippen LogP contribution >= 0.6 is 15.9 Å². The van der Waals surface area contributed by atoms with E-state index in [-0.39, 0.29) is 12.3 Å². The maximum atomic E-state index is 12.4. The van der Waals surface area contributed by atoms with E-state index >= 15 is 0 Å². The third kappa shape index (κ3) is 5.71. The van der Waals surface area contributed by atoms with Crippen LogP contribution in [0, 0.1) is 0 Å². The Hall–Kier alpha value is -1.63. The first-order valence-electron chi connectivity index (χ1n) is 6.75. The Morgan fingerprint density at radius 3 is 2.67 bits per heavy atom. The van der Waals surface area contributed by atoms with Gasteiger partial charge in [0.05, 0.1) is 5.56 Å². The second kappa shape index (κ2) is 7.40. The average molecular weight is 357 g/mol.